The van der Waals surface area contributed by atoms with Gasteiger partial charge in [0.15, 0.2) is 5.75 Å². The summed E-state index contributed by atoms with van der Waals surface area (Å²) in [5, 5.41) is 0.650. The fourth-order valence-corrected chi connectivity index (χ4v) is 3.20. The first-order chi connectivity index (χ1) is 15.2. The van der Waals surface area contributed by atoms with Gasteiger partial charge in [-0.15, -0.1) is 0 Å². The van der Waals surface area contributed by atoms with E-state index in [4.69, 9.17) is 60.6 Å². The highest BCUT2D eigenvalue weighted by Gasteiger charge is 2.30. The van der Waals surface area contributed by atoms with Gasteiger partial charge in [0.05, 0.1) is 28.8 Å². The number of pyridine rings is 1. The summed E-state index contributed by atoms with van der Waals surface area (Å²) in [6.45, 7) is 0.960. The topological polar surface area (TPSA) is 40.6 Å². The molecule has 1 aromatic carbocycles. The van der Waals surface area contributed by atoms with E-state index in [0.29, 0.717) is 34.8 Å². The zero-order chi connectivity index (χ0) is 23.6. The molecular weight excluding hydrogens is 513 g/mol. The molecule has 0 unspecified atom stereocenters. The van der Waals surface area contributed by atoms with Crippen LogP contribution in [-0.2, 0) is 6.18 Å². The van der Waals surface area contributed by atoms with Crippen LogP contribution >= 0.6 is 46.4 Å². The Labute approximate surface area is 204 Å². The van der Waals surface area contributed by atoms with E-state index in [9.17, 15) is 13.2 Å². The summed E-state index contributed by atoms with van der Waals surface area (Å²) in [7, 11) is 0. The maximum atomic E-state index is 12.5. The van der Waals surface area contributed by atoms with Crippen LogP contribution in [0.5, 0.6) is 17.4 Å². The van der Waals surface area contributed by atoms with Crippen molar-refractivity contribution in [1.82, 2.24) is 4.98 Å². The SMILES string of the molecule is FC(F)(F)c1ccc(OCCCCCCOc2c(Cl)cc(OCC=C(Cl)Cl)cc2Cl)nc1. The van der Waals surface area contributed by atoms with E-state index >= 15 is 0 Å². The average Bonchev–Trinajstić information content (AvgIpc) is 2.71. The second kappa shape index (κ2) is 13.2. The molecule has 0 amide bonds. The maximum absolute atomic E-state index is 12.5. The number of hydrogen-bond acceptors (Lipinski definition) is 4. The molecule has 0 aliphatic heterocycles. The summed E-state index contributed by atoms with van der Waals surface area (Å²) in [5.74, 6) is 1.00. The molecule has 0 spiro atoms. The molecule has 2 rings (SSSR count). The molecule has 0 aliphatic rings. The third-order valence-electron chi connectivity index (χ3n) is 4.06. The van der Waals surface area contributed by atoms with Gasteiger partial charge in [-0.25, -0.2) is 4.98 Å². The lowest BCUT2D eigenvalue weighted by Crippen LogP contribution is -2.06. The van der Waals surface area contributed by atoms with E-state index in [1.807, 2.05) is 0 Å². The molecule has 4 nitrogen and oxygen atoms in total. The molecule has 1 aromatic heterocycles. The number of halogens is 7. The van der Waals surface area contributed by atoms with Crippen molar-refractivity contribution in [2.24, 2.45) is 0 Å². The van der Waals surface area contributed by atoms with Crippen LogP contribution in [0.4, 0.5) is 13.2 Å². The molecule has 0 saturated heterocycles. The molecule has 0 fully saturated rings. The highest BCUT2D eigenvalue weighted by molar-refractivity contribution is 6.55. The molecule has 0 N–H and O–H groups in total. The largest absolute Gasteiger partial charge is 0.490 e. The van der Waals surface area contributed by atoms with E-state index in [1.54, 1.807) is 12.1 Å². The molecule has 11 heteroatoms. The van der Waals surface area contributed by atoms with Gasteiger partial charge < -0.3 is 14.2 Å². The Hall–Kier alpha value is -1.54. The summed E-state index contributed by atoms with van der Waals surface area (Å²) in [6.07, 6.45) is 1.06. The first-order valence-corrected chi connectivity index (χ1v) is 11.1. The highest BCUT2D eigenvalue weighted by Crippen LogP contribution is 2.37. The van der Waals surface area contributed by atoms with Crippen molar-refractivity contribution in [3.63, 3.8) is 0 Å². The third kappa shape index (κ3) is 9.53. The van der Waals surface area contributed by atoms with Gasteiger partial charge in [0.25, 0.3) is 0 Å². The predicted molar refractivity (Wildman–Crippen MR) is 120 cm³/mol. The van der Waals surface area contributed by atoms with E-state index in [-0.39, 0.29) is 17.0 Å². The first-order valence-electron chi connectivity index (χ1n) is 9.58. The zero-order valence-electron chi connectivity index (χ0n) is 16.7. The molecule has 0 atom stereocenters. The smallest absolute Gasteiger partial charge is 0.417 e. The number of alkyl halides is 3. The van der Waals surface area contributed by atoms with Gasteiger partial charge in [-0.05, 0) is 37.8 Å². The number of unbranched alkanes of at least 4 members (excludes halogenated alkanes) is 3. The van der Waals surface area contributed by atoms with Crippen molar-refractivity contribution in [1.29, 1.82) is 0 Å². The van der Waals surface area contributed by atoms with Crippen LogP contribution in [0.1, 0.15) is 31.2 Å². The summed E-state index contributed by atoms with van der Waals surface area (Å²) in [5.41, 5.74) is -0.805. The first kappa shape index (κ1) is 26.7. The van der Waals surface area contributed by atoms with Crippen LogP contribution < -0.4 is 14.2 Å². The Morgan fingerprint density at radius 3 is 2.06 bits per heavy atom. The van der Waals surface area contributed by atoms with Gasteiger partial charge in [-0.3, -0.25) is 0 Å². The van der Waals surface area contributed by atoms with Crippen LogP contribution in [0, 0.1) is 0 Å². The van der Waals surface area contributed by atoms with Crippen LogP contribution in [0.2, 0.25) is 10.0 Å². The monoisotopic (exact) mass is 531 g/mol. The quantitative estimate of drug-likeness (QED) is 0.259. The Kier molecular flexibility index (Phi) is 11.0. The summed E-state index contributed by atoms with van der Waals surface area (Å²) < 4.78 is 54.0. The van der Waals surface area contributed by atoms with Gasteiger partial charge >= 0.3 is 6.18 Å². The van der Waals surface area contributed by atoms with E-state index in [1.165, 1.54) is 12.1 Å². The minimum Gasteiger partial charge on any atom is -0.490 e. The number of benzene rings is 1. The van der Waals surface area contributed by atoms with Crippen LogP contribution in [-0.4, -0.2) is 24.8 Å². The second-order valence-electron chi connectivity index (χ2n) is 6.51. The fraction of sp³-hybridized carbons (Fsp3) is 0.381. The Morgan fingerprint density at radius 2 is 1.53 bits per heavy atom. The normalized spacial score (nSPS) is 11.2. The maximum Gasteiger partial charge on any atom is 0.417 e. The van der Waals surface area contributed by atoms with Gasteiger partial charge in [0, 0.05) is 24.4 Å². The molecule has 2 aromatic rings. The number of ether oxygens (including phenoxy) is 3. The van der Waals surface area contributed by atoms with Gasteiger partial charge in [0.2, 0.25) is 5.88 Å². The summed E-state index contributed by atoms with van der Waals surface area (Å²) in [4.78, 5) is 3.66. The Morgan fingerprint density at radius 1 is 0.906 bits per heavy atom. The van der Waals surface area contributed by atoms with Crippen molar-refractivity contribution < 1.29 is 27.4 Å². The molecule has 0 radical (unpaired) electrons. The lowest BCUT2D eigenvalue weighted by molar-refractivity contribution is -0.137. The minimum atomic E-state index is -4.41. The Balaban J connectivity index is 1.63. The molecule has 0 bridgehead atoms. The van der Waals surface area contributed by atoms with Gasteiger partial charge in [-0.1, -0.05) is 46.4 Å². The summed E-state index contributed by atoms with van der Waals surface area (Å²) >= 11 is 23.5. The molecule has 1 heterocycles. The average molecular weight is 533 g/mol. The van der Waals surface area contributed by atoms with Crippen LogP contribution in [0.3, 0.4) is 0 Å². The van der Waals surface area contributed by atoms with Crippen molar-refractivity contribution in [3.05, 3.63) is 56.6 Å². The molecule has 0 saturated carbocycles. The highest BCUT2D eigenvalue weighted by atomic mass is 35.5. The van der Waals surface area contributed by atoms with Crippen LogP contribution in [0.15, 0.2) is 41.0 Å². The fourth-order valence-electron chi connectivity index (χ4n) is 2.50. The minimum absolute atomic E-state index is 0.102. The Bertz CT molecular complexity index is 866. The lowest BCUT2D eigenvalue weighted by atomic mass is 10.2. The molecular formula is C21H20Cl4F3NO3. The summed E-state index contributed by atoms with van der Waals surface area (Å²) in [6, 6.07) is 5.34. The number of hydrogen-bond donors (Lipinski definition) is 0. The van der Waals surface area contributed by atoms with E-state index in [2.05, 4.69) is 4.98 Å². The number of nitrogens with zero attached hydrogens (tertiary/aromatic N) is 1. The number of rotatable bonds is 12. The van der Waals surface area contributed by atoms with Crippen LogP contribution in [0.25, 0.3) is 0 Å². The predicted octanol–water partition coefficient (Wildman–Crippen LogP) is 8.12. The van der Waals surface area contributed by atoms with E-state index in [0.717, 1.165) is 37.9 Å². The lowest BCUT2D eigenvalue weighted by Gasteiger charge is -2.12. The molecule has 0 aliphatic carbocycles. The van der Waals surface area contributed by atoms with Crippen molar-refractivity contribution in [3.8, 4) is 17.4 Å². The molecule has 32 heavy (non-hydrogen) atoms. The number of aromatic nitrogens is 1. The molecule has 176 valence electrons. The van der Waals surface area contributed by atoms with Gasteiger partial charge in [0.1, 0.15) is 16.8 Å². The van der Waals surface area contributed by atoms with Crippen molar-refractivity contribution >= 4 is 46.4 Å². The van der Waals surface area contributed by atoms with Crippen molar-refractivity contribution in [2.45, 2.75) is 31.9 Å². The van der Waals surface area contributed by atoms with Crippen molar-refractivity contribution in [2.75, 3.05) is 19.8 Å². The third-order valence-corrected chi connectivity index (χ3v) is 4.93. The standard InChI is InChI=1S/C21H20Cl4F3NO3/c22-16-11-15(30-10-7-18(24)25)12-17(23)20(16)32-9-4-2-1-3-8-31-19-6-5-14(13-29-19)21(26,27)28/h5-7,11-13H,1-4,8-10H2. The zero-order valence-corrected chi connectivity index (χ0v) is 19.8. The van der Waals surface area contributed by atoms with Gasteiger partial charge in [-0.2, -0.15) is 13.2 Å². The second-order valence-corrected chi connectivity index (χ2v) is 8.34. The van der Waals surface area contributed by atoms with E-state index < -0.39 is 11.7 Å².